The van der Waals surface area contributed by atoms with Gasteiger partial charge >= 0.3 is 5.97 Å². The first-order chi connectivity index (χ1) is 6.09. The lowest BCUT2D eigenvalue weighted by Gasteiger charge is -2.11. The first-order valence-electron chi connectivity index (χ1n) is 3.78. The lowest BCUT2D eigenvalue weighted by Crippen LogP contribution is -2.22. The van der Waals surface area contributed by atoms with Crippen molar-refractivity contribution in [3.63, 3.8) is 0 Å². The van der Waals surface area contributed by atoms with Gasteiger partial charge in [-0.1, -0.05) is 23.2 Å². The van der Waals surface area contributed by atoms with Crippen molar-refractivity contribution in [1.29, 1.82) is 0 Å². The first-order valence-corrected chi connectivity index (χ1v) is 4.65. The summed E-state index contributed by atoms with van der Waals surface area (Å²) in [6.07, 6.45) is -0.891. The second-order valence-corrected chi connectivity index (χ2v) is 3.76. The van der Waals surface area contributed by atoms with E-state index in [2.05, 4.69) is 0 Å². The molecule has 0 aromatic carbocycles. The van der Waals surface area contributed by atoms with Crippen molar-refractivity contribution < 1.29 is 19.0 Å². The molecule has 1 rings (SSSR count). The van der Waals surface area contributed by atoms with Crippen LogP contribution in [0.5, 0.6) is 0 Å². The molecule has 2 atom stereocenters. The molecular weight excluding hydrogens is 219 g/mol. The van der Waals surface area contributed by atoms with Crippen molar-refractivity contribution in [2.75, 3.05) is 13.2 Å². The van der Waals surface area contributed by atoms with Crippen LogP contribution in [0.2, 0.25) is 0 Å². The molecule has 0 N–H and O–H groups in total. The smallest absolute Gasteiger partial charge is 0.302 e. The molecule has 4 nitrogen and oxygen atoms in total. The maximum absolute atomic E-state index is 10.4. The van der Waals surface area contributed by atoms with Gasteiger partial charge in [-0.2, -0.15) is 0 Å². The largest absolute Gasteiger partial charge is 0.463 e. The van der Waals surface area contributed by atoms with E-state index in [9.17, 15) is 4.79 Å². The highest BCUT2D eigenvalue weighted by Crippen LogP contribution is 2.20. The summed E-state index contributed by atoms with van der Waals surface area (Å²) in [5.74, 6) is -0.347. The average molecular weight is 229 g/mol. The third kappa shape index (κ3) is 3.68. The molecule has 1 aliphatic heterocycles. The summed E-state index contributed by atoms with van der Waals surface area (Å²) in [5, 5.41) is 0. The summed E-state index contributed by atoms with van der Waals surface area (Å²) >= 11 is 11.0. The molecule has 0 aromatic rings. The fourth-order valence-corrected chi connectivity index (χ4v) is 1.16. The van der Waals surface area contributed by atoms with Crippen LogP contribution in [0.1, 0.15) is 6.92 Å². The van der Waals surface area contributed by atoms with Crippen LogP contribution in [0.25, 0.3) is 0 Å². The summed E-state index contributed by atoms with van der Waals surface area (Å²) in [4.78, 5) is 9.73. The summed E-state index contributed by atoms with van der Waals surface area (Å²) in [6.45, 7) is 1.85. The van der Waals surface area contributed by atoms with E-state index < -0.39 is 11.1 Å². The molecular formula is C7H10Cl2O4. The van der Waals surface area contributed by atoms with Gasteiger partial charge in [0.2, 0.25) is 0 Å². The van der Waals surface area contributed by atoms with Crippen LogP contribution in [-0.4, -0.2) is 36.4 Å². The van der Waals surface area contributed by atoms with Gasteiger partial charge in [0.05, 0.1) is 6.61 Å². The summed E-state index contributed by atoms with van der Waals surface area (Å²) in [7, 11) is 0. The van der Waals surface area contributed by atoms with Gasteiger partial charge < -0.3 is 14.2 Å². The van der Waals surface area contributed by atoms with E-state index in [1.165, 1.54) is 6.92 Å². The molecule has 1 saturated heterocycles. The Kier molecular flexibility index (Phi) is 4.25. The molecule has 0 spiro atoms. The van der Waals surface area contributed by atoms with Crippen LogP contribution in [0.3, 0.4) is 0 Å². The number of carbonyl (C=O) groups excluding carboxylic acids is 1. The van der Waals surface area contributed by atoms with Crippen LogP contribution in [0, 0.1) is 0 Å². The minimum Gasteiger partial charge on any atom is -0.463 e. The highest BCUT2D eigenvalue weighted by molar-refractivity contribution is 6.44. The molecule has 0 bridgehead atoms. The molecule has 0 saturated carbocycles. The number of hydrogen-bond acceptors (Lipinski definition) is 4. The second-order valence-electron chi connectivity index (χ2n) is 2.60. The monoisotopic (exact) mass is 228 g/mol. The van der Waals surface area contributed by atoms with Gasteiger partial charge in [0, 0.05) is 6.92 Å². The fraction of sp³-hybridized carbons (Fsp3) is 0.857. The maximum Gasteiger partial charge on any atom is 0.302 e. The van der Waals surface area contributed by atoms with Gasteiger partial charge in [-0.15, -0.1) is 0 Å². The number of hydrogen-bond donors (Lipinski definition) is 0. The molecule has 1 fully saturated rings. The standard InChI is InChI=1S/C7H10Cl2O4/c1-4(10)11-2-5-3-12-7(13-5)6(8)9/h5-7H,2-3H2,1H3. The van der Waals surface area contributed by atoms with Crippen molar-refractivity contribution in [3.05, 3.63) is 0 Å². The Hall–Kier alpha value is -0.0300. The Balaban J connectivity index is 2.21. The van der Waals surface area contributed by atoms with Gasteiger partial charge in [0.1, 0.15) is 12.7 Å². The fourth-order valence-electron chi connectivity index (χ4n) is 0.900. The number of ether oxygens (including phenoxy) is 3. The van der Waals surface area contributed by atoms with Gasteiger partial charge in [0.15, 0.2) is 11.1 Å². The van der Waals surface area contributed by atoms with E-state index in [-0.39, 0.29) is 18.7 Å². The first kappa shape index (κ1) is 11.0. The van der Waals surface area contributed by atoms with Crippen LogP contribution >= 0.6 is 23.2 Å². The van der Waals surface area contributed by atoms with Crippen molar-refractivity contribution in [2.24, 2.45) is 0 Å². The van der Waals surface area contributed by atoms with Crippen molar-refractivity contribution in [2.45, 2.75) is 24.2 Å². The Morgan fingerprint density at radius 3 is 2.85 bits per heavy atom. The Morgan fingerprint density at radius 2 is 2.38 bits per heavy atom. The van der Waals surface area contributed by atoms with Crippen LogP contribution in [0.15, 0.2) is 0 Å². The highest BCUT2D eigenvalue weighted by atomic mass is 35.5. The van der Waals surface area contributed by atoms with E-state index in [0.29, 0.717) is 6.61 Å². The zero-order valence-corrected chi connectivity index (χ0v) is 8.55. The zero-order valence-electron chi connectivity index (χ0n) is 7.04. The summed E-state index contributed by atoms with van der Waals surface area (Å²) in [5.41, 5.74) is 0. The molecule has 76 valence electrons. The maximum atomic E-state index is 10.4. The lowest BCUT2D eigenvalue weighted by atomic mass is 10.4. The number of rotatable bonds is 3. The Morgan fingerprint density at radius 1 is 1.69 bits per heavy atom. The average Bonchev–Trinajstić information content (AvgIpc) is 2.48. The molecule has 1 heterocycles. The van der Waals surface area contributed by atoms with Gasteiger partial charge in [0.25, 0.3) is 0 Å². The Bertz CT molecular complexity index is 185. The summed E-state index contributed by atoms with van der Waals surface area (Å²) in [6, 6.07) is 0. The SMILES string of the molecule is CC(=O)OCC1COC(C(Cl)Cl)O1. The van der Waals surface area contributed by atoms with E-state index in [1.54, 1.807) is 0 Å². The van der Waals surface area contributed by atoms with Crippen molar-refractivity contribution >= 4 is 29.2 Å². The van der Waals surface area contributed by atoms with Crippen LogP contribution < -0.4 is 0 Å². The second kappa shape index (κ2) is 5.00. The number of carbonyl (C=O) groups is 1. The van der Waals surface area contributed by atoms with Gasteiger partial charge in [-0.25, -0.2) is 0 Å². The molecule has 0 radical (unpaired) electrons. The topological polar surface area (TPSA) is 44.8 Å². The quantitative estimate of drug-likeness (QED) is 0.536. The predicted molar refractivity (Wildman–Crippen MR) is 46.7 cm³/mol. The normalized spacial score (nSPS) is 28.0. The molecule has 0 aliphatic carbocycles. The molecule has 13 heavy (non-hydrogen) atoms. The van der Waals surface area contributed by atoms with Crippen molar-refractivity contribution in [3.8, 4) is 0 Å². The Labute approximate surface area is 86.0 Å². The summed E-state index contributed by atoms with van der Waals surface area (Å²) < 4.78 is 15.0. The third-order valence-electron chi connectivity index (χ3n) is 1.45. The number of esters is 1. The van der Waals surface area contributed by atoms with E-state index in [1.807, 2.05) is 0 Å². The van der Waals surface area contributed by atoms with Gasteiger partial charge in [-0.05, 0) is 0 Å². The number of halogens is 2. The molecule has 2 unspecified atom stereocenters. The van der Waals surface area contributed by atoms with Crippen molar-refractivity contribution in [1.82, 2.24) is 0 Å². The molecule has 6 heteroatoms. The highest BCUT2D eigenvalue weighted by Gasteiger charge is 2.31. The molecule has 0 amide bonds. The third-order valence-corrected chi connectivity index (χ3v) is 1.86. The van der Waals surface area contributed by atoms with Crippen LogP contribution in [0.4, 0.5) is 0 Å². The molecule has 1 aliphatic rings. The minimum absolute atomic E-state index is 0.173. The van der Waals surface area contributed by atoms with Gasteiger partial charge in [-0.3, -0.25) is 4.79 Å². The number of alkyl halides is 2. The van der Waals surface area contributed by atoms with E-state index in [4.69, 9.17) is 37.4 Å². The molecule has 0 aromatic heterocycles. The zero-order chi connectivity index (χ0) is 9.84. The predicted octanol–water partition coefficient (Wildman–Crippen LogP) is 1.09. The van der Waals surface area contributed by atoms with Crippen LogP contribution in [-0.2, 0) is 19.0 Å². The van der Waals surface area contributed by atoms with E-state index in [0.717, 1.165) is 0 Å². The minimum atomic E-state index is -0.720. The van der Waals surface area contributed by atoms with E-state index >= 15 is 0 Å². The lowest BCUT2D eigenvalue weighted by molar-refractivity contribution is -0.145.